The third kappa shape index (κ3) is 3.91. The summed E-state index contributed by atoms with van der Waals surface area (Å²) in [5.74, 6) is 0.994. The average molecular weight is 312 g/mol. The molecule has 0 spiro atoms. The first-order valence-corrected chi connectivity index (χ1v) is 7.56. The van der Waals surface area contributed by atoms with Crippen LogP contribution >= 0.6 is 31.9 Å². The van der Waals surface area contributed by atoms with Crippen LogP contribution in [-0.2, 0) is 0 Å². The molecule has 1 aliphatic carbocycles. The lowest BCUT2D eigenvalue weighted by Crippen LogP contribution is -2.25. The van der Waals surface area contributed by atoms with Gasteiger partial charge in [0, 0.05) is 10.7 Å². The van der Waals surface area contributed by atoms with E-state index in [4.69, 9.17) is 0 Å². The van der Waals surface area contributed by atoms with Gasteiger partial charge in [-0.1, -0.05) is 70.9 Å². The van der Waals surface area contributed by atoms with E-state index < -0.39 is 0 Å². The zero-order valence-electron chi connectivity index (χ0n) is 8.49. The molecule has 1 aliphatic rings. The summed E-state index contributed by atoms with van der Waals surface area (Å²) in [6.07, 6.45) is 8.72. The Labute approximate surface area is 99.1 Å². The van der Waals surface area contributed by atoms with E-state index >= 15 is 0 Å². The Hall–Kier alpha value is 0.960. The minimum Gasteiger partial charge on any atom is -0.0922 e. The molecule has 1 fully saturated rings. The normalized spacial score (nSPS) is 20.5. The molecule has 0 radical (unpaired) electrons. The van der Waals surface area contributed by atoms with Crippen LogP contribution < -0.4 is 0 Å². The number of halogens is 2. The maximum absolute atomic E-state index is 3.63. The molecule has 0 aromatic heterocycles. The van der Waals surface area contributed by atoms with Gasteiger partial charge in [-0.15, -0.1) is 0 Å². The summed E-state index contributed by atoms with van der Waals surface area (Å²) in [7, 11) is 0. The van der Waals surface area contributed by atoms with Crippen LogP contribution in [0.4, 0.5) is 0 Å². The van der Waals surface area contributed by atoms with Gasteiger partial charge in [-0.2, -0.15) is 0 Å². The highest BCUT2D eigenvalue weighted by Crippen LogP contribution is 2.36. The Morgan fingerprint density at radius 3 is 2.08 bits per heavy atom. The molecule has 1 saturated carbocycles. The highest BCUT2D eigenvalue weighted by molar-refractivity contribution is 9.09. The van der Waals surface area contributed by atoms with Crippen molar-refractivity contribution in [3.8, 4) is 0 Å². The Bertz CT molecular complexity index is 135. The second-order valence-corrected chi connectivity index (χ2v) is 5.91. The van der Waals surface area contributed by atoms with Crippen molar-refractivity contribution in [1.29, 1.82) is 0 Å². The van der Waals surface area contributed by atoms with E-state index in [1.807, 2.05) is 0 Å². The molecule has 0 N–H and O–H groups in total. The summed E-state index contributed by atoms with van der Waals surface area (Å²) < 4.78 is 0. The smallest absolute Gasteiger partial charge is 0.00934 e. The third-order valence-corrected chi connectivity index (χ3v) is 5.86. The maximum atomic E-state index is 3.63. The van der Waals surface area contributed by atoms with Crippen molar-refractivity contribution in [3.05, 3.63) is 0 Å². The van der Waals surface area contributed by atoms with Crippen LogP contribution in [0.1, 0.15) is 45.4 Å². The van der Waals surface area contributed by atoms with Crippen LogP contribution in [0.15, 0.2) is 0 Å². The van der Waals surface area contributed by atoms with Gasteiger partial charge >= 0.3 is 0 Å². The summed E-state index contributed by atoms with van der Waals surface area (Å²) in [6, 6.07) is 0. The monoisotopic (exact) mass is 310 g/mol. The zero-order chi connectivity index (χ0) is 9.73. The van der Waals surface area contributed by atoms with E-state index in [1.54, 1.807) is 0 Å². The lowest BCUT2D eigenvalue weighted by molar-refractivity contribution is 0.250. The highest BCUT2D eigenvalue weighted by Gasteiger charge is 2.26. The van der Waals surface area contributed by atoms with Crippen molar-refractivity contribution in [2.24, 2.45) is 11.3 Å². The first kappa shape index (κ1) is 12.0. The standard InChI is InChI=1S/C11H20Br2/c1-11(8-12,9-13)7-10-5-3-2-4-6-10/h10H,2-9H2,1H3. The number of hydrogen-bond acceptors (Lipinski definition) is 0. The molecule has 0 atom stereocenters. The summed E-state index contributed by atoms with van der Waals surface area (Å²) >= 11 is 7.26. The summed E-state index contributed by atoms with van der Waals surface area (Å²) in [5, 5.41) is 2.25. The summed E-state index contributed by atoms with van der Waals surface area (Å²) in [5.41, 5.74) is 0.474. The van der Waals surface area contributed by atoms with Gasteiger partial charge in [0.1, 0.15) is 0 Å². The van der Waals surface area contributed by atoms with Crippen LogP contribution in [0.5, 0.6) is 0 Å². The van der Waals surface area contributed by atoms with Crippen molar-refractivity contribution in [2.45, 2.75) is 45.4 Å². The van der Waals surface area contributed by atoms with Crippen LogP contribution in [0.3, 0.4) is 0 Å². The van der Waals surface area contributed by atoms with Crippen LogP contribution in [0.25, 0.3) is 0 Å². The molecule has 78 valence electrons. The molecule has 2 heteroatoms. The van der Waals surface area contributed by atoms with Gasteiger partial charge in [0.25, 0.3) is 0 Å². The lowest BCUT2D eigenvalue weighted by atomic mass is 9.78. The topological polar surface area (TPSA) is 0 Å². The fourth-order valence-corrected chi connectivity index (χ4v) is 3.62. The first-order valence-electron chi connectivity index (χ1n) is 5.32. The van der Waals surface area contributed by atoms with Crippen molar-refractivity contribution in [3.63, 3.8) is 0 Å². The zero-order valence-corrected chi connectivity index (χ0v) is 11.7. The molecular weight excluding hydrogens is 292 g/mol. The second-order valence-electron chi connectivity index (χ2n) is 4.79. The third-order valence-electron chi connectivity index (χ3n) is 3.15. The Kier molecular flexibility index (Phi) is 5.32. The van der Waals surface area contributed by atoms with E-state index in [1.165, 1.54) is 38.5 Å². The SMILES string of the molecule is CC(CBr)(CBr)CC1CCCCC1. The molecular formula is C11H20Br2. The van der Waals surface area contributed by atoms with E-state index in [0.717, 1.165) is 16.6 Å². The molecule has 0 amide bonds. The van der Waals surface area contributed by atoms with Crippen LogP contribution in [-0.4, -0.2) is 10.7 Å². The molecule has 0 saturated heterocycles. The molecule has 0 aromatic rings. The summed E-state index contributed by atoms with van der Waals surface area (Å²) in [4.78, 5) is 0. The quantitative estimate of drug-likeness (QED) is 0.657. The highest BCUT2D eigenvalue weighted by atomic mass is 79.9. The number of rotatable bonds is 4. The Morgan fingerprint density at radius 2 is 1.62 bits per heavy atom. The average Bonchev–Trinajstić information content (AvgIpc) is 2.19. The van der Waals surface area contributed by atoms with E-state index in [2.05, 4.69) is 38.8 Å². The minimum absolute atomic E-state index is 0.474. The lowest BCUT2D eigenvalue weighted by Gasteiger charge is -2.32. The van der Waals surface area contributed by atoms with Crippen molar-refractivity contribution in [2.75, 3.05) is 10.7 Å². The first-order chi connectivity index (χ1) is 6.20. The Balaban J connectivity index is 2.35. The summed E-state index contributed by atoms with van der Waals surface area (Å²) in [6.45, 7) is 2.38. The molecule has 0 aromatic carbocycles. The Morgan fingerprint density at radius 1 is 1.08 bits per heavy atom. The van der Waals surface area contributed by atoms with Gasteiger partial charge in [0.2, 0.25) is 0 Å². The molecule has 0 unspecified atom stereocenters. The fraction of sp³-hybridized carbons (Fsp3) is 1.00. The van der Waals surface area contributed by atoms with Gasteiger partial charge < -0.3 is 0 Å². The molecule has 1 rings (SSSR count). The minimum atomic E-state index is 0.474. The van der Waals surface area contributed by atoms with E-state index in [-0.39, 0.29) is 0 Å². The fourth-order valence-electron chi connectivity index (χ4n) is 2.23. The predicted octanol–water partition coefficient (Wildman–Crippen LogP) is 4.75. The predicted molar refractivity (Wildman–Crippen MR) is 66.9 cm³/mol. The van der Waals surface area contributed by atoms with Gasteiger partial charge in [0.15, 0.2) is 0 Å². The van der Waals surface area contributed by atoms with Gasteiger partial charge in [-0.3, -0.25) is 0 Å². The molecule has 0 bridgehead atoms. The van der Waals surface area contributed by atoms with Gasteiger partial charge in [-0.05, 0) is 17.8 Å². The number of alkyl halides is 2. The molecule has 13 heavy (non-hydrogen) atoms. The van der Waals surface area contributed by atoms with Crippen LogP contribution in [0.2, 0.25) is 0 Å². The van der Waals surface area contributed by atoms with Crippen molar-refractivity contribution in [1.82, 2.24) is 0 Å². The van der Waals surface area contributed by atoms with Crippen molar-refractivity contribution >= 4 is 31.9 Å². The van der Waals surface area contributed by atoms with E-state index in [9.17, 15) is 0 Å². The van der Waals surface area contributed by atoms with Gasteiger partial charge in [0.05, 0.1) is 0 Å². The maximum Gasteiger partial charge on any atom is 0.00934 e. The van der Waals surface area contributed by atoms with Crippen molar-refractivity contribution < 1.29 is 0 Å². The molecule has 0 nitrogen and oxygen atoms in total. The van der Waals surface area contributed by atoms with Gasteiger partial charge in [-0.25, -0.2) is 0 Å². The number of hydrogen-bond donors (Lipinski definition) is 0. The van der Waals surface area contributed by atoms with E-state index in [0.29, 0.717) is 5.41 Å². The second kappa shape index (κ2) is 5.75. The van der Waals surface area contributed by atoms with Crippen LogP contribution in [0, 0.1) is 11.3 Å². The molecule has 0 heterocycles. The molecule has 0 aliphatic heterocycles. The largest absolute Gasteiger partial charge is 0.0922 e.